The van der Waals surface area contributed by atoms with E-state index in [2.05, 4.69) is 30.0 Å². The van der Waals surface area contributed by atoms with Crippen molar-refractivity contribution in [3.63, 3.8) is 0 Å². The van der Waals surface area contributed by atoms with E-state index in [4.69, 9.17) is 17.0 Å². The number of azide groups is 1. The van der Waals surface area contributed by atoms with Crippen LogP contribution in [0.15, 0.2) is 35.6 Å². The molecule has 1 aromatic carbocycles. The van der Waals surface area contributed by atoms with Crippen molar-refractivity contribution in [2.24, 2.45) is 5.11 Å². The lowest BCUT2D eigenvalue weighted by Gasteiger charge is -2.19. The average Bonchev–Trinajstić information content (AvgIpc) is 2.62. The molecule has 0 saturated carbocycles. The van der Waals surface area contributed by atoms with Crippen LogP contribution in [0.4, 0.5) is 17.5 Å². The van der Waals surface area contributed by atoms with Crippen molar-refractivity contribution >= 4 is 34.5 Å². The Morgan fingerprint density at radius 2 is 1.96 bits per heavy atom. The number of nitrogen functional groups attached to an aromatic ring is 2. The van der Waals surface area contributed by atoms with Gasteiger partial charge < -0.3 is 16.4 Å². The average molecular weight is 350 g/mol. The third-order valence-electron chi connectivity index (χ3n) is 3.59. The van der Waals surface area contributed by atoms with E-state index in [1.807, 2.05) is 11.9 Å². The van der Waals surface area contributed by atoms with Crippen LogP contribution in [0.5, 0.6) is 0 Å². The van der Waals surface area contributed by atoms with Crippen molar-refractivity contribution in [1.29, 1.82) is 0 Å². The van der Waals surface area contributed by atoms with Crippen LogP contribution in [0.1, 0.15) is 16.1 Å². The summed E-state index contributed by atoms with van der Waals surface area (Å²) in [5, 5.41) is 3.06. The molecule has 0 bridgehead atoms. The van der Waals surface area contributed by atoms with Gasteiger partial charge in [-0.3, -0.25) is 4.79 Å². The van der Waals surface area contributed by atoms with Gasteiger partial charge in [-0.25, -0.2) is 9.97 Å². The molecule has 0 unspecified atom stereocenters. The molecule has 26 heavy (non-hydrogen) atoms. The Labute approximate surface area is 147 Å². The lowest BCUT2D eigenvalue weighted by molar-refractivity contribution is 0.100. The summed E-state index contributed by atoms with van der Waals surface area (Å²) in [6.45, 7) is 0.441. The zero-order valence-corrected chi connectivity index (χ0v) is 13.7. The molecule has 2 heterocycles. The molecular formula is C15H14N10O. The molecule has 0 fully saturated rings. The highest BCUT2D eigenvalue weighted by Crippen LogP contribution is 2.18. The normalized spacial score (nSPS) is 10.3. The van der Waals surface area contributed by atoms with Crippen molar-refractivity contribution in [2.75, 3.05) is 23.4 Å². The summed E-state index contributed by atoms with van der Waals surface area (Å²) in [5.74, 6) is -0.410. The number of hydrogen-bond acceptors (Lipinski definition) is 8. The van der Waals surface area contributed by atoms with Crippen LogP contribution < -0.4 is 16.4 Å². The Kier molecular flexibility index (Phi) is 4.46. The number of carbonyl (C=O) groups is 1. The van der Waals surface area contributed by atoms with Crippen molar-refractivity contribution in [1.82, 2.24) is 19.9 Å². The number of rotatable bonds is 4. The minimum atomic E-state index is -0.628. The summed E-state index contributed by atoms with van der Waals surface area (Å²) in [6.07, 6.45) is 1.59. The Morgan fingerprint density at radius 3 is 2.65 bits per heavy atom. The Hall–Kier alpha value is -3.98. The summed E-state index contributed by atoms with van der Waals surface area (Å²) in [7, 11) is 1.86. The van der Waals surface area contributed by atoms with E-state index >= 15 is 0 Å². The number of hydrogen-bond donors (Lipinski definition) is 2. The molecule has 4 N–H and O–H groups in total. The van der Waals surface area contributed by atoms with Gasteiger partial charge in [0.25, 0.3) is 0 Å². The smallest absolute Gasteiger partial charge is 0.249 e. The first-order valence-corrected chi connectivity index (χ1v) is 7.43. The summed E-state index contributed by atoms with van der Waals surface area (Å²) in [5.41, 5.74) is 22.2. The van der Waals surface area contributed by atoms with Gasteiger partial charge in [0.1, 0.15) is 0 Å². The maximum atomic E-state index is 11.5. The van der Waals surface area contributed by atoms with Gasteiger partial charge in [-0.05, 0) is 34.9 Å². The molecular weight excluding hydrogens is 336 g/mol. The lowest BCUT2D eigenvalue weighted by Crippen LogP contribution is -2.18. The number of carbonyl (C=O) groups excluding carboxylic acids is 1. The number of nitrogens with zero attached hydrogens (tertiary/aromatic N) is 8. The summed E-state index contributed by atoms with van der Waals surface area (Å²) in [6, 6.07) is 6.66. The van der Waals surface area contributed by atoms with E-state index < -0.39 is 5.91 Å². The molecule has 0 aliphatic carbocycles. The predicted octanol–water partition coefficient (Wildman–Crippen LogP) is 1.67. The highest BCUT2D eigenvalue weighted by Gasteiger charge is 2.10. The molecule has 1 amide bonds. The fourth-order valence-electron chi connectivity index (χ4n) is 2.35. The van der Waals surface area contributed by atoms with E-state index in [-0.39, 0.29) is 11.8 Å². The molecule has 2 aromatic heterocycles. The first-order chi connectivity index (χ1) is 12.5. The van der Waals surface area contributed by atoms with E-state index in [9.17, 15) is 4.79 Å². The van der Waals surface area contributed by atoms with Crippen LogP contribution in [-0.4, -0.2) is 32.9 Å². The van der Waals surface area contributed by atoms with Crippen LogP contribution in [0.25, 0.3) is 21.6 Å². The number of benzene rings is 1. The molecule has 11 nitrogen and oxygen atoms in total. The zero-order chi connectivity index (χ0) is 18.7. The summed E-state index contributed by atoms with van der Waals surface area (Å²) < 4.78 is 0. The predicted molar refractivity (Wildman–Crippen MR) is 96.0 cm³/mol. The van der Waals surface area contributed by atoms with Crippen LogP contribution in [0.3, 0.4) is 0 Å². The van der Waals surface area contributed by atoms with Gasteiger partial charge in [-0.15, -0.1) is 0 Å². The third kappa shape index (κ3) is 3.42. The maximum Gasteiger partial charge on any atom is 0.249 e. The molecule has 0 spiro atoms. The van der Waals surface area contributed by atoms with Gasteiger partial charge in [0.2, 0.25) is 11.9 Å². The topological polar surface area (TPSA) is 173 Å². The van der Waals surface area contributed by atoms with Crippen LogP contribution in [0, 0.1) is 0 Å². The molecule has 0 atom stereocenters. The van der Waals surface area contributed by atoms with Crippen molar-refractivity contribution < 1.29 is 4.79 Å². The second-order valence-corrected chi connectivity index (χ2v) is 5.40. The number of fused-ring (bicyclic) bond motifs is 1. The van der Waals surface area contributed by atoms with E-state index in [1.165, 1.54) is 0 Å². The van der Waals surface area contributed by atoms with Gasteiger partial charge in [-0.1, -0.05) is 0 Å². The number of nitrogens with two attached hydrogens (primary N) is 2. The monoisotopic (exact) mass is 350 g/mol. The molecule has 3 rings (SSSR count). The van der Waals surface area contributed by atoms with E-state index in [0.717, 1.165) is 5.69 Å². The van der Waals surface area contributed by atoms with Crippen LogP contribution in [-0.2, 0) is 6.54 Å². The zero-order valence-electron chi connectivity index (χ0n) is 13.7. The fourth-order valence-corrected chi connectivity index (χ4v) is 2.35. The van der Waals surface area contributed by atoms with Crippen LogP contribution in [0.2, 0.25) is 0 Å². The van der Waals surface area contributed by atoms with Gasteiger partial charge in [-0.2, -0.15) is 9.97 Å². The first-order valence-electron chi connectivity index (χ1n) is 7.43. The number of anilines is 3. The molecule has 0 saturated heterocycles. The Morgan fingerprint density at radius 1 is 1.23 bits per heavy atom. The van der Waals surface area contributed by atoms with Crippen molar-refractivity contribution in [2.45, 2.75) is 6.54 Å². The highest BCUT2D eigenvalue weighted by molar-refractivity contribution is 5.95. The number of aromatic nitrogens is 4. The van der Waals surface area contributed by atoms with Gasteiger partial charge in [0, 0.05) is 23.2 Å². The van der Waals surface area contributed by atoms with Crippen molar-refractivity contribution in [3.8, 4) is 0 Å². The highest BCUT2D eigenvalue weighted by atomic mass is 16.1. The minimum Gasteiger partial charge on any atom is -0.382 e. The SMILES string of the molecule is CN(Cc1cnc2nc(N)nc(N)c2n1)c1ccc(C(=O)N=[N+]=[N-])cc1. The second kappa shape index (κ2) is 6.87. The fraction of sp³-hybridized carbons (Fsp3) is 0.133. The van der Waals surface area contributed by atoms with Gasteiger partial charge in [0.15, 0.2) is 17.0 Å². The largest absolute Gasteiger partial charge is 0.382 e. The van der Waals surface area contributed by atoms with Gasteiger partial charge in [0.05, 0.1) is 18.4 Å². The standard InChI is InChI=1S/C15H14N10O/c1-25(10-4-2-8(3-5-10)14(26)23-24-18)7-9-6-19-13-11(20-9)12(16)21-15(17)22-13/h2-6H,7H2,1H3,(H4,16,17,19,21,22). The van der Waals surface area contributed by atoms with Gasteiger partial charge >= 0.3 is 0 Å². The molecule has 0 aliphatic rings. The third-order valence-corrected chi connectivity index (χ3v) is 3.59. The van der Waals surface area contributed by atoms with E-state index in [0.29, 0.717) is 29.0 Å². The number of amides is 1. The second-order valence-electron chi connectivity index (χ2n) is 5.40. The minimum absolute atomic E-state index is 0.0459. The summed E-state index contributed by atoms with van der Waals surface area (Å²) in [4.78, 5) is 32.4. The molecule has 0 radical (unpaired) electrons. The van der Waals surface area contributed by atoms with Crippen LogP contribution >= 0.6 is 0 Å². The molecule has 130 valence electrons. The lowest BCUT2D eigenvalue weighted by atomic mass is 10.2. The van der Waals surface area contributed by atoms with Crippen molar-refractivity contribution in [3.05, 3.63) is 52.2 Å². The molecule has 0 aliphatic heterocycles. The summed E-state index contributed by atoms with van der Waals surface area (Å²) >= 11 is 0. The van der Waals surface area contributed by atoms with E-state index in [1.54, 1.807) is 30.5 Å². The quantitative estimate of drug-likeness (QED) is 0.406. The Balaban J connectivity index is 1.81. The first kappa shape index (κ1) is 16.9. The molecule has 11 heteroatoms. The Bertz CT molecular complexity index is 1030. The molecule has 3 aromatic rings. The maximum absolute atomic E-state index is 11.5.